The predicted molar refractivity (Wildman–Crippen MR) is 139 cm³/mol. The third-order valence-electron chi connectivity index (χ3n) is 6.95. The maximum Gasteiger partial charge on any atom is 0.187 e. The molecule has 0 aromatic carbocycles. The average Bonchev–Trinajstić information content (AvgIpc) is 2.80. The summed E-state index contributed by atoms with van der Waals surface area (Å²) in [4.78, 5) is 0. The number of hydrogen-bond donors (Lipinski definition) is 9. The molecule has 38 heavy (non-hydrogen) atoms. The van der Waals surface area contributed by atoms with Crippen molar-refractivity contribution in [1.29, 1.82) is 0 Å². The van der Waals surface area contributed by atoms with E-state index in [9.17, 15) is 25.5 Å². The number of aliphatic hydroxyl groups excluding tert-OH is 5. The molecule has 4 fully saturated rings. The fourth-order valence-electron chi connectivity index (χ4n) is 4.92. The van der Waals surface area contributed by atoms with E-state index < -0.39 is 98.4 Å². The molecule has 1 saturated carbocycles. The van der Waals surface area contributed by atoms with Crippen molar-refractivity contribution in [2.45, 2.75) is 98.2 Å². The van der Waals surface area contributed by atoms with Crippen LogP contribution in [0.5, 0.6) is 0 Å². The molecule has 0 spiro atoms. The van der Waals surface area contributed by atoms with Crippen LogP contribution in [0.3, 0.4) is 0 Å². The second-order valence-corrected chi connectivity index (χ2v) is 9.19. The maximum absolute atomic E-state index is 10.5. The minimum absolute atomic E-state index is 0. The molecule has 3 aliphatic heterocycles. The zero-order valence-electron chi connectivity index (χ0n) is 20.1. The molecule has 4 rings (SSSR count). The molecule has 0 radical (unpaired) electrons. The molecule has 0 amide bonds. The normalized spacial score (nSPS) is 48.7. The lowest BCUT2D eigenvalue weighted by Gasteiger charge is -2.51. The van der Waals surface area contributed by atoms with E-state index in [1.165, 1.54) is 0 Å². The summed E-state index contributed by atoms with van der Waals surface area (Å²) in [5.41, 5.74) is 24.1. The lowest BCUT2D eigenvalue weighted by atomic mass is 9.84. The van der Waals surface area contributed by atoms with Crippen molar-refractivity contribution < 1.29 is 54.0 Å². The zero-order chi connectivity index (χ0) is 24.7. The Morgan fingerprint density at radius 2 is 1.34 bits per heavy atom. The van der Waals surface area contributed by atoms with Gasteiger partial charge in [-0.05, 0) is 6.42 Å². The highest BCUT2D eigenvalue weighted by atomic mass is 35.5. The van der Waals surface area contributed by atoms with Crippen molar-refractivity contribution in [1.82, 2.24) is 0 Å². The first-order valence-electron chi connectivity index (χ1n) is 11.3. The summed E-state index contributed by atoms with van der Waals surface area (Å²) >= 11 is 0. The summed E-state index contributed by atoms with van der Waals surface area (Å²) in [6.07, 6.45) is -13.2. The first kappa shape index (κ1) is 38.6. The number of aliphatic hydroxyl groups is 5. The molecule has 15 nitrogen and oxygen atoms in total. The van der Waals surface area contributed by atoms with Gasteiger partial charge in [0.15, 0.2) is 12.6 Å². The van der Waals surface area contributed by atoms with Crippen LogP contribution in [0.4, 0.5) is 0 Å². The molecule has 0 aromatic rings. The predicted octanol–water partition coefficient (Wildman–Crippen LogP) is -4.58. The monoisotopic (exact) mass is 640 g/mol. The van der Waals surface area contributed by atoms with Gasteiger partial charge in [0, 0.05) is 18.6 Å². The molecule has 230 valence electrons. The molecule has 0 bridgehead atoms. The summed E-state index contributed by atoms with van der Waals surface area (Å²) in [5, 5.41) is 50.7. The van der Waals surface area contributed by atoms with Crippen molar-refractivity contribution in [2.24, 2.45) is 22.9 Å². The highest BCUT2D eigenvalue weighted by Gasteiger charge is 2.54. The van der Waals surface area contributed by atoms with Gasteiger partial charge in [0.25, 0.3) is 0 Å². The van der Waals surface area contributed by atoms with Gasteiger partial charge in [0.1, 0.15) is 67.8 Å². The van der Waals surface area contributed by atoms with Gasteiger partial charge >= 0.3 is 0 Å². The summed E-state index contributed by atoms with van der Waals surface area (Å²) in [5.74, 6) is 0. The molecular formula is C19H40Cl4N4O11. The molecule has 13 N–H and O–H groups in total. The van der Waals surface area contributed by atoms with Crippen LogP contribution in [0.2, 0.25) is 0 Å². The maximum atomic E-state index is 10.5. The number of fused-ring (bicyclic) bond motifs is 2. The van der Waals surface area contributed by atoms with E-state index in [4.69, 9.17) is 51.4 Å². The highest BCUT2D eigenvalue weighted by molar-refractivity contribution is 5.86. The van der Waals surface area contributed by atoms with E-state index in [-0.39, 0.29) is 69.4 Å². The number of nitrogens with two attached hydrogens (primary N) is 4. The molecule has 0 aromatic heterocycles. The fourth-order valence-corrected chi connectivity index (χ4v) is 4.92. The van der Waals surface area contributed by atoms with E-state index in [2.05, 4.69) is 0 Å². The van der Waals surface area contributed by atoms with Crippen LogP contribution < -0.4 is 22.9 Å². The van der Waals surface area contributed by atoms with Crippen molar-refractivity contribution in [3.05, 3.63) is 0 Å². The Labute approximate surface area is 244 Å². The summed E-state index contributed by atoms with van der Waals surface area (Å²) in [7, 11) is 0. The van der Waals surface area contributed by atoms with E-state index in [0.29, 0.717) is 0 Å². The second-order valence-electron chi connectivity index (χ2n) is 9.19. The standard InChI is InChI=1S/C19H36N4O11.4ClH/c20-2-7-11(26)13(28)16-19(31-7)34-15-6(22)1-5(21)14(17(15)30-4-29-16)33-18-12(27)9(23)10(25)8(3-24)32-18;;;;/h5-19,24-28H,1-4,20-23H2;4*1H/t5-,6+,7-,8-,9+,10-,11-,12-,13+,14+,15-,16-,17-,18-,19-;;;;/m1..../s1. The van der Waals surface area contributed by atoms with Gasteiger partial charge < -0.3 is 76.9 Å². The molecule has 15 atom stereocenters. The van der Waals surface area contributed by atoms with Crippen LogP contribution in [0.15, 0.2) is 0 Å². The van der Waals surface area contributed by atoms with Gasteiger partial charge in [-0.1, -0.05) is 0 Å². The number of hydrogen-bond acceptors (Lipinski definition) is 15. The smallest absolute Gasteiger partial charge is 0.187 e. The number of rotatable bonds is 4. The second kappa shape index (κ2) is 16.3. The molecule has 3 saturated heterocycles. The van der Waals surface area contributed by atoms with Gasteiger partial charge in [-0.15, -0.1) is 49.6 Å². The largest absolute Gasteiger partial charge is 0.394 e. The van der Waals surface area contributed by atoms with Crippen molar-refractivity contribution in [2.75, 3.05) is 19.9 Å². The fraction of sp³-hybridized carbons (Fsp3) is 1.00. The topological polar surface area (TPSA) is 261 Å². The van der Waals surface area contributed by atoms with E-state index in [1.54, 1.807) is 0 Å². The van der Waals surface area contributed by atoms with Crippen LogP contribution in [0.25, 0.3) is 0 Å². The minimum atomic E-state index is -1.42. The molecule has 0 unspecified atom stereocenters. The van der Waals surface area contributed by atoms with Gasteiger partial charge in [0.2, 0.25) is 0 Å². The highest BCUT2D eigenvalue weighted by Crippen LogP contribution is 2.34. The van der Waals surface area contributed by atoms with E-state index in [0.717, 1.165) is 0 Å². The van der Waals surface area contributed by atoms with Crippen molar-refractivity contribution in [3.8, 4) is 0 Å². The summed E-state index contributed by atoms with van der Waals surface area (Å²) in [6, 6.07) is -2.42. The Hall–Kier alpha value is 0.560. The Bertz CT molecular complexity index is 699. The van der Waals surface area contributed by atoms with Crippen molar-refractivity contribution in [3.63, 3.8) is 0 Å². The Morgan fingerprint density at radius 1 is 0.711 bits per heavy atom. The SMILES string of the molecule is Cl.Cl.Cl.Cl.NC[C@H]1O[C@@H]2O[C@H]3[C@H](OCO[C@@H]2[C@@H](O)[C@@H]1O)[C@@H](O[C@H]1O[C@H](CO)[C@@H](O)[C@H](N)[C@H]1O)[C@H](N)C[C@@H]3N. The van der Waals surface area contributed by atoms with E-state index in [1.807, 2.05) is 0 Å². The first-order valence-corrected chi connectivity index (χ1v) is 11.3. The molecule has 19 heteroatoms. The van der Waals surface area contributed by atoms with Crippen LogP contribution in [0, 0.1) is 0 Å². The number of ether oxygens (including phenoxy) is 6. The van der Waals surface area contributed by atoms with Crippen LogP contribution in [0.1, 0.15) is 6.42 Å². The Kier molecular flexibility index (Phi) is 16.5. The van der Waals surface area contributed by atoms with Crippen LogP contribution in [-0.4, -0.2) is 137 Å². The lowest BCUT2D eigenvalue weighted by Crippen LogP contribution is -2.70. The molecule has 3 heterocycles. The van der Waals surface area contributed by atoms with Crippen molar-refractivity contribution >= 4 is 49.6 Å². The first-order chi connectivity index (χ1) is 16.2. The summed E-state index contributed by atoms with van der Waals surface area (Å²) in [6.45, 7) is -0.941. The molecular weight excluding hydrogens is 602 g/mol. The van der Waals surface area contributed by atoms with Gasteiger partial charge in [0.05, 0.1) is 12.6 Å². The average molecular weight is 642 g/mol. The Balaban J connectivity index is 0.00000342. The summed E-state index contributed by atoms with van der Waals surface area (Å²) < 4.78 is 34.7. The third-order valence-corrected chi connectivity index (χ3v) is 6.95. The van der Waals surface area contributed by atoms with E-state index >= 15 is 0 Å². The number of halogens is 4. The van der Waals surface area contributed by atoms with Gasteiger partial charge in [-0.3, -0.25) is 0 Å². The minimum Gasteiger partial charge on any atom is -0.394 e. The zero-order valence-corrected chi connectivity index (χ0v) is 23.4. The van der Waals surface area contributed by atoms with Crippen LogP contribution >= 0.6 is 49.6 Å². The van der Waals surface area contributed by atoms with Gasteiger partial charge in [-0.2, -0.15) is 0 Å². The third kappa shape index (κ3) is 7.49. The quantitative estimate of drug-likeness (QED) is 0.140. The molecule has 4 aliphatic rings. The Morgan fingerprint density at radius 3 is 1.95 bits per heavy atom. The molecule has 1 aliphatic carbocycles. The van der Waals surface area contributed by atoms with Crippen LogP contribution in [-0.2, 0) is 28.4 Å². The lowest BCUT2D eigenvalue weighted by molar-refractivity contribution is -0.370. The van der Waals surface area contributed by atoms with Gasteiger partial charge in [-0.25, -0.2) is 0 Å².